The molecule has 0 radical (unpaired) electrons. The third kappa shape index (κ3) is 0.885. The third-order valence-corrected chi connectivity index (χ3v) is 1.97. The summed E-state index contributed by atoms with van der Waals surface area (Å²) < 4.78 is 0.678. The first-order valence-electron chi connectivity index (χ1n) is 3.72. The van der Waals surface area contributed by atoms with Crippen LogP contribution in [0.5, 0.6) is 5.75 Å². The molecular formula is C9H7NO3. The van der Waals surface area contributed by atoms with Gasteiger partial charge in [-0.25, -0.2) is 0 Å². The van der Waals surface area contributed by atoms with E-state index in [0.717, 1.165) is 0 Å². The van der Waals surface area contributed by atoms with Crippen LogP contribution in [0.4, 0.5) is 0 Å². The summed E-state index contributed by atoms with van der Waals surface area (Å²) in [6.45, 7) is 0. The lowest BCUT2D eigenvalue weighted by Gasteiger charge is -1.93. The molecule has 13 heavy (non-hydrogen) atoms. The van der Waals surface area contributed by atoms with E-state index >= 15 is 0 Å². The van der Waals surface area contributed by atoms with E-state index in [-0.39, 0.29) is 11.4 Å². The van der Waals surface area contributed by atoms with Crippen LogP contribution in [0.3, 0.4) is 0 Å². The molecule has 0 aliphatic rings. The summed E-state index contributed by atoms with van der Waals surface area (Å²) in [6, 6.07) is 6.67. The number of para-hydroxylation sites is 1. The van der Waals surface area contributed by atoms with E-state index in [9.17, 15) is 15.1 Å². The van der Waals surface area contributed by atoms with Crippen molar-refractivity contribution in [2.45, 2.75) is 0 Å². The fourth-order valence-electron chi connectivity index (χ4n) is 1.33. The molecule has 0 bridgehead atoms. The Morgan fingerprint density at radius 2 is 2.00 bits per heavy atom. The molecule has 0 atom stereocenters. The standard InChI is InChI=1S/C9H7NO3/c11-5-8-9(12)6-3-1-2-4-7(6)10(8)13/h1-5,12-13H. The van der Waals surface area contributed by atoms with Gasteiger partial charge >= 0.3 is 0 Å². The van der Waals surface area contributed by atoms with Crippen LogP contribution in [0, 0.1) is 0 Å². The van der Waals surface area contributed by atoms with Gasteiger partial charge < -0.3 is 10.3 Å². The topological polar surface area (TPSA) is 62.5 Å². The Kier molecular flexibility index (Phi) is 1.48. The second-order valence-electron chi connectivity index (χ2n) is 2.68. The molecule has 0 unspecified atom stereocenters. The summed E-state index contributed by atoms with van der Waals surface area (Å²) in [4.78, 5) is 10.5. The van der Waals surface area contributed by atoms with Gasteiger partial charge in [0.25, 0.3) is 0 Å². The van der Waals surface area contributed by atoms with Crippen molar-refractivity contribution < 1.29 is 15.1 Å². The lowest BCUT2D eigenvalue weighted by molar-refractivity contribution is 0.107. The van der Waals surface area contributed by atoms with E-state index in [1.54, 1.807) is 24.3 Å². The van der Waals surface area contributed by atoms with Crippen LogP contribution in [-0.4, -0.2) is 21.3 Å². The maximum atomic E-state index is 10.5. The van der Waals surface area contributed by atoms with Gasteiger partial charge in [-0.1, -0.05) is 12.1 Å². The van der Waals surface area contributed by atoms with E-state index in [4.69, 9.17) is 0 Å². The molecule has 0 saturated heterocycles. The van der Waals surface area contributed by atoms with E-state index in [1.165, 1.54) is 0 Å². The van der Waals surface area contributed by atoms with Crippen molar-refractivity contribution in [3.63, 3.8) is 0 Å². The summed E-state index contributed by atoms with van der Waals surface area (Å²) in [6.07, 6.45) is 0.412. The largest absolute Gasteiger partial charge is 0.505 e. The lowest BCUT2D eigenvalue weighted by atomic mass is 10.2. The number of aromatic hydroxyl groups is 1. The number of fused-ring (bicyclic) bond motifs is 1. The predicted molar refractivity (Wildman–Crippen MR) is 46.2 cm³/mol. The van der Waals surface area contributed by atoms with Gasteiger partial charge in [-0.05, 0) is 12.1 Å². The van der Waals surface area contributed by atoms with Gasteiger partial charge in [0.2, 0.25) is 0 Å². The van der Waals surface area contributed by atoms with Crippen LogP contribution in [0.2, 0.25) is 0 Å². The van der Waals surface area contributed by atoms with Gasteiger partial charge in [0.15, 0.2) is 17.7 Å². The number of hydrogen-bond donors (Lipinski definition) is 2. The molecule has 66 valence electrons. The number of aromatic nitrogens is 1. The molecule has 2 aromatic rings. The van der Waals surface area contributed by atoms with Crippen LogP contribution >= 0.6 is 0 Å². The van der Waals surface area contributed by atoms with Gasteiger partial charge in [-0.2, -0.15) is 4.73 Å². The number of carbonyl (C=O) groups excluding carboxylic acids is 1. The van der Waals surface area contributed by atoms with Crippen molar-refractivity contribution in [3.8, 4) is 5.75 Å². The Morgan fingerprint density at radius 3 is 2.62 bits per heavy atom. The first-order valence-corrected chi connectivity index (χ1v) is 3.72. The quantitative estimate of drug-likeness (QED) is 0.511. The average molecular weight is 177 g/mol. The Hall–Kier alpha value is -1.97. The molecule has 0 aliphatic heterocycles. The third-order valence-electron chi connectivity index (χ3n) is 1.97. The smallest absolute Gasteiger partial charge is 0.173 e. The Morgan fingerprint density at radius 1 is 1.31 bits per heavy atom. The zero-order chi connectivity index (χ0) is 9.42. The summed E-state index contributed by atoms with van der Waals surface area (Å²) in [5, 5.41) is 19.3. The molecule has 0 spiro atoms. The minimum absolute atomic E-state index is 0.124. The van der Waals surface area contributed by atoms with E-state index < -0.39 is 0 Å². The fraction of sp³-hybridized carbons (Fsp3) is 0. The Bertz CT molecular complexity index is 434. The zero-order valence-electron chi connectivity index (χ0n) is 6.64. The molecule has 0 fully saturated rings. The number of aldehydes is 1. The maximum absolute atomic E-state index is 10.5. The SMILES string of the molecule is O=Cc1c(O)c2ccccc2n1O. The van der Waals surface area contributed by atoms with E-state index in [1.807, 2.05) is 0 Å². The number of hydrogen-bond acceptors (Lipinski definition) is 3. The van der Waals surface area contributed by atoms with Gasteiger partial charge in [0.1, 0.15) is 0 Å². The molecule has 0 saturated carbocycles. The Labute approximate surface area is 73.6 Å². The minimum atomic E-state index is -0.187. The molecule has 2 N–H and O–H groups in total. The molecule has 0 aliphatic carbocycles. The number of nitrogens with zero attached hydrogens (tertiary/aromatic N) is 1. The van der Waals surface area contributed by atoms with Crippen LogP contribution in [0.1, 0.15) is 10.5 Å². The first kappa shape index (κ1) is 7.67. The minimum Gasteiger partial charge on any atom is -0.505 e. The highest BCUT2D eigenvalue weighted by Crippen LogP contribution is 2.29. The summed E-state index contributed by atoms with van der Waals surface area (Å²) in [7, 11) is 0. The highest BCUT2D eigenvalue weighted by atomic mass is 16.5. The van der Waals surface area contributed by atoms with Crippen molar-refractivity contribution in [1.82, 2.24) is 4.73 Å². The molecule has 1 aromatic carbocycles. The van der Waals surface area contributed by atoms with Crippen molar-refractivity contribution in [3.05, 3.63) is 30.0 Å². The van der Waals surface area contributed by atoms with Crippen molar-refractivity contribution >= 4 is 17.2 Å². The number of benzene rings is 1. The number of carbonyl (C=O) groups is 1. The predicted octanol–water partition coefficient (Wildman–Crippen LogP) is 1.40. The van der Waals surface area contributed by atoms with Crippen LogP contribution in [0.25, 0.3) is 10.9 Å². The van der Waals surface area contributed by atoms with Crippen LogP contribution in [-0.2, 0) is 0 Å². The van der Waals surface area contributed by atoms with Crippen LogP contribution in [0.15, 0.2) is 24.3 Å². The highest BCUT2D eigenvalue weighted by molar-refractivity contribution is 5.95. The maximum Gasteiger partial charge on any atom is 0.173 e. The molecular weight excluding hydrogens is 170 g/mol. The van der Waals surface area contributed by atoms with Crippen molar-refractivity contribution in [2.24, 2.45) is 0 Å². The molecule has 2 rings (SSSR count). The first-order chi connectivity index (χ1) is 6.25. The monoisotopic (exact) mass is 177 g/mol. The van der Waals surface area contributed by atoms with Gasteiger partial charge in [-0.15, -0.1) is 0 Å². The van der Waals surface area contributed by atoms with E-state index in [0.29, 0.717) is 21.9 Å². The summed E-state index contributed by atoms with van der Waals surface area (Å²) >= 11 is 0. The second kappa shape index (κ2) is 2.52. The average Bonchev–Trinajstić information content (AvgIpc) is 2.41. The van der Waals surface area contributed by atoms with Crippen molar-refractivity contribution in [1.29, 1.82) is 0 Å². The van der Waals surface area contributed by atoms with Gasteiger partial charge in [-0.3, -0.25) is 4.79 Å². The summed E-state index contributed by atoms with van der Waals surface area (Å²) in [5.74, 6) is -0.187. The summed E-state index contributed by atoms with van der Waals surface area (Å²) in [5.41, 5.74) is 0.295. The van der Waals surface area contributed by atoms with Crippen molar-refractivity contribution in [2.75, 3.05) is 0 Å². The highest BCUT2D eigenvalue weighted by Gasteiger charge is 2.14. The fourth-order valence-corrected chi connectivity index (χ4v) is 1.33. The van der Waals surface area contributed by atoms with Crippen LogP contribution < -0.4 is 0 Å². The van der Waals surface area contributed by atoms with E-state index in [2.05, 4.69) is 0 Å². The van der Waals surface area contributed by atoms with Gasteiger partial charge in [0.05, 0.1) is 5.52 Å². The molecule has 1 aromatic heterocycles. The zero-order valence-corrected chi connectivity index (χ0v) is 6.64. The molecule has 1 heterocycles. The second-order valence-corrected chi connectivity index (χ2v) is 2.68. The normalized spacial score (nSPS) is 10.5. The molecule has 4 nitrogen and oxygen atoms in total. The molecule has 4 heteroatoms. The molecule has 0 amide bonds. The number of rotatable bonds is 1. The Balaban J connectivity index is 2.96. The van der Waals surface area contributed by atoms with Gasteiger partial charge in [0, 0.05) is 5.39 Å². The lowest BCUT2D eigenvalue weighted by Crippen LogP contribution is -1.94.